The van der Waals surface area contributed by atoms with Crippen molar-refractivity contribution in [2.24, 2.45) is 7.05 Å². The van der Waals surface area contributed by atoms with Crippen LogP contribution >= 0.6 is 11.5 Å². The molecule has 0 spiro atoms. The summed E-state index contributed by atoms with van der Waals surface area (Å²) in [6, 6.07) is 1.87. The number of rotatable bonds is 5. The normalized spacial score (nSPS) is 15.4. The molecule has 7 nitrogen and oxygen atoms in total. The number of aromatic nitrogens is 3. The van der Waals surface area contributed by atoms with Gasteiger partial charge in [0, 0.05) is 13.2 Å². The van der Waals surface area contributed by atoms with Gasteiger partial charge < -0.3 is 11.1 Å². The Labute approximate surface area is 120 Å². The maximum Gasteiger partial charge on any atom is 0.187 e. The van der Waals surface area contributed by atoms with Gasteiger partial charge in [-0.2, -0.15) is 9.47 Å². The molecule has 20 heavy (non-hydrogen) atoms. The van der Waals surface area contributed by atoms with Gasteiger partial charge in [-0.05, 0) is 30.4 Å². The zero-order valence-electron chi connectivity index (χ0n) is 10.9. The Balaban J connectivity index is 1.84. The van der Waals surface area contributed by atoms with Crippen molar-refractivity contribution in [1.29, 1.82) is 0 Å². The first kappa shape index (κ1) is 13.4. The average molecular weight is 313 g/mol. The monoisotopic (exact) mass is 313 g/mol. The zero-order chi connectivity index (χ0) is 14.3. The topological polar surface area (TPSA) is 103 Å². The molecule has 3 N–H and O–H groups in total. The maximum absolute atomic E-state index is 12.3. The van der Waals surface area contributed by atoms with Crippen molar-refractivity contribution in [3.8, 4) is 0 Å². The fourth-order valence-corrected chi connectivity index (χ4v) is 4.84. The van der Waals surface area contributed by atoms with Gasteiger partial charge >= 0.3 is 0 Å². The van der Waals surface area contributed by atoms with Gasteiger partial charge in [-0.1, -0.05) is 0 Å². The molecule has 0 amide bonds. The van der Waals surface area contributed by atoms with Gasteiger partial charge in [0.25, 0.3) is 0 Å². The second-order valence-electron chi connectivity index (χ2n) is 4.80. The van der Waals surface area contributed by atoms with Gasteiger partial charge in [-0.15, -0.1) is 0 Å². The van der Waals surface area contributed by atoms with E-state index in [4.69, 9.17) is 5.73 Å². The standard InChI is InChI=1S/C11H15N5O2S2/c1-16-5-4-7(14-16)6-13-11-9(10(12)15-19-11)20(17,18)8-2-3-8/h4-5,8,13H,2-3,6H2,1H3,(H2,12,15). The smallest absolute Gasteiger partial charge is 0.187 e. The van der Waals surface area contributed by atoms with Crippen LogP contribution in [0.5, 0.6) is 0 Å². The highest BCUT2D eigenvalue weighted by atomic mass is 32.2. The molecule has 1 aliphatic rings. The molecule has 0 radical (unpaired) electrons. The van der Waals surface area contributed by atoms with Crippen LogP contribution in [0.2, 0.25) is 0 Å². The highest BCUT2D eigenvalue weighted by Gasteiger charge is 2.40. The van der Waals surface area contributed by atoms with E-state index in [1.165, 1.54) is 0 Å². The summed E-state index contributed by atoms with van der Waals surface area (Å²) in [4.78, 5) is 0.154. The molecular weight excluding hydrogens is 298 g/mol. The van der Waals surface area contributed by atoms with Crippen LogP contribution in [-0.4, -0.2) is 27.8 Å². The minimum Gasteiger partial charge on any atom is -0.382 e. The number of sulfone groups is 1. The number of nitrogens with two attached hydrogens (primary N) is 1. The number of anilines is 2. The van der Waals surface area contributed by atoms with E-state index in [0.29, 0.717) is 24.4 Å². The van der Waals surface area contributed by atoms with Crippen LogP contribution < -0.4 is 11.1 Å². The van der Waals surface area contributed by atoms with Crippen molar-refractivity contribution in [3.63, 3.8) is 0 Å². The van der Waals surface area contributed by atoms with Crippen molar-refractivity contribution in [2.45, 2.75) is 29.5 Å². The van der Waals surface area contributed by atoms with Gasteiger partial charge in [0.2, 0.25) is 0 Å². The number of nitrogens with zero attached hydrogens (tertiary/aromatic N) is 3. The highest BCUT2D eigenvalue weighted by molar-refractivity contribution is 7.92. The van der Waals surface area contributed by atoms with Crippen molar-refractivity contribution >= 4 is 32.2 Å². The molecule has 108 valence electrons. The number of aryl methyl sites for hydroxylation is 1. The molecule has 0 atom stereocenters. The first-order valence-electron chi connectivity index (χ1n) is 6.20. The lowest BCUT2D eigenvalue weighted by molar-refractivity contribution is 0.595. The fourth-order valence-electron chi connectivity index (χ4n) is 1.95. The Hall–Kier alpha value is -1.61. The van der Waals surface area contributed by atoms with Gasteiger partial charge in [-0.25, -0.2) is 8.42 Å². The summed E-state index contributed by atoms with van der Waals surface area (Å²) >= 11 is 1.07. The first-order valence-corrected chi connectivity index (χ1v) is 8.52. The molecule has 0 aliphatic heterocycles. The molecule has 2 aromatic heterocycles. The fraction of sp³-hybridized carbons (Fsp3) is 0.455. The summed E-state index contributed by atoms with van der Waals surface area (Å²) in [7, 11) is -1.52. The summed E-state index contributed by atoms with van der Waals surface area (Å²) in [5, 5.41) is 7.51. The van der Waals surface area contributed by atoms with Gasteiger partial charge in [0.05, 0.1) is 17.5 Å². The van der Waals surface area contributed by atoms with E-state index in [0.717, 1.165) is 17.2 Å². The van der Waals surface area contributed by atoms with Crippen molar-refractivity contribution in [3.05, 3.63) is 18.0 Å². The zero-order valence-corrected chi connectivity index (χ0v) is 12.5. The van der Waals surface area contributed by atoms with Crippen LogP contribution in [0.3, 0.4) is 0 Å². The van der Waals surface area contributed by atoms with Crippen molar-refractivity contribution < 1.29 is 8.42 Å². The summed E-state index contributed by atoms with van der Waals surface area (Å²) in [5.74, 6) is 0.0884. The van der Waals surface area contributed by atoms with Crippen LogP contribution in [0, 0.1) is 0 Å². The predicted octanol–water partition coefficient (Wildman–Crippen LogP) is 1.01. The average Bonchev–Trinajstić information content (AvgIpc) is 3.08. The van der Waals surface area contributed by atoms with Crippen molar-refractivity contribution in [1.82, 2.24) is 14.2 Å². The number of nitrogen functional groups attached to an aromatic ring is 1. The van der Waals surface area contributed by atoms with E-state index in [-0.39, 0.29) is 16.0 Å². The summed E-state index contributed by atoms with van der Waals surface area (Å²) in [5.41, 5.74) is 6.55. The van der Waals surface area contributed by atoms with E-state index in [1.807, 2.05) is 19.3 Å². The lowest BCUT2D eigenvalue weighted by Crippen LogP contribution is -2.11. The van der Waals surface area contributed by atoms with Crippen molar-refractivity contribution in [2.75, 3.05) is 11.1 Å². The molecule has 1 aliphatic carbocycles. The third kappa shape index (κ3) is 2.38. The molecule has 3 rings (SSSR count). The molecule has 0 aromatic carbocycles. The van der Waals surface area contributed by atoms with E-state index >= 15 is 0 Å². The molecule has 1 fully saturated rings. The number of nitrogens with one attached hydrogen (secondary N) is 1. The Morgan fingerprint density at radius 3 is 2.90 bits per heavy atom. The molecule has 0 unspecified atom stereocenters. The summed E-state index contributed by atoms with van der Waals surface area (Å²) in [6.07, 6.45) is 3.24. The van der Waals surface area contributed by atoms with Crippen LogP contribution in [0.25, 0.3) is 0 Å². The second-order valence-corrected chi connectivity index (χ2v) is 7.74. The largest absolute Gasteiger partial charge is 0.382 e. The third-order valence-electron chi connectivity index (χ3n) is 3.12. The predicted molar refractivity (Wildman–Crippen MR) is 77.3 cm³/mol. The minimum absolute atomic E-state index is 0.0884. The lowest BCUT2D eigenvalue weighted by Gasteiger charge is -2.06. The van der Waals surface area contributed by atoms with Gasteiger partial charge in [0.15, 0.2) is 15.7 Å². The van der Waals surface area contributed by atoms with Crippen LogP contribution in [0.1, 0.15) is 18.5 Å². The molecule has 2 heterocycles. The third-order valence-corrected chi connectivity index (χ3v) is 6.40. The van der Waals surface area contributed by atoms with Crippen LogP contribution in [0.4, 0.5) is 10.8 Å². The molecule has 9 heteroatoms. The SMILES string of the molecule is Cn1ccc(CNc2snc(N)c2S(=O)(=O)C2CC2)n1. The number of hydrogen-bond donors (Lipinski definition) is 2. The maximum atomic E-state index is 12.3. The summed E-state index contributed by atoms with van der Waals surface area (Å²) in [6.45, 7) is 0.440. The Bertz CT molecular complexity index is 730. The van der Waals surface area contributed by atoms with E-state index < -0.39 is 9.84 Å². The molecular formula is C11H15N5O2S2. The highest BCUT2D eigenvalue weighted by Crippen LogP contribution is 2.41. The van der Waals surface area contributed by atoms with E-state index in [1.54, 1.807) is 4.68 Å². The Morgan fingerprint density at radius 1 is 1.55 bits per heavy atom. The molecule has 2 aromatic rings. The van der Waals surface area contributed by atoms with Gasteiger partial charge in [0.1, 0.15) is 9.90 Å². The van der Waals surface area contributed by atoms with Crippen LogP contribution in [-0.2, 0) is 23.4 Å². The van der Waals surface area contributed by atoms with Gasteiger partial charge in [-0.3, -0.25) is 4.68 Å². The molecule has 0 saturated heterocycles. The summed E-state index contributed by atoms with van der Waals surface area (Å²) < 4.78 is 30.3. The first-order chi connectivity index (χ1) is 9.48. The number of hydrogen-bond acceptors (Lipinski definition) is 7. The van der Waals surface area contributed by atoms with E-state index in [9.17, 15) is 8.42 Å². The lowest BCUT2D eigenvalue weighted by atomic mass is 10.4. The molecule has 0 bridgehead atoms. The van der Waals surface area contributed by atoms with Crippen LogP contribution in [0.15, 0.2) is 17.2 Å². The van der Waals surface area contributed by atoms with E-state index in [2.05, 4.69) is 14.8 Å². The minimum atomic E-state index is -3.35. The molecule has 1 saturated carbocycles. The quantitative estimate of drug-likeness (QED) is 0.854. The Morgan fingerprint density at radius 2 is 2.30 bits per heavy atom. The second kappa shape index (κ2) is 4.74. The Kier molecular flexibility index (Phi) is 3.17.